The summed E-state index contributed by atoms with van der Waals surface area (Å²) in [4.78, 5) is 36.5. The van der Waals surface area contributed by atoms with Gasteiger partial charge < -0.3 is 20.5 Å². The fourth-order valence-electron chi connectivity index (χ4n) is 2.60. The molecule has 0 fully saturated rings. The van der Waals surface area contributed by atoms with Gasteiger partial charge in [-0.25, -0.2) is 0 Å². The Kier molecular flexibility index (Phi) is 9.34. The normalized spacial score (nSPS) is 23.3. The molecule has 0 bridgehead atoms. The summed E-state index contributed by atoms with van der Waals surface area (Å²) in [5.41, 5.74) is -0.715. The monoisotopic (exact) mass is 368 g/mol. The highest BCUT2D eigenvalue weighted by molar-refractivity contribution is 5.86. The number of aliphatic hydroxyl groups is 1. The van der Waals surface area contributed by atoms with Gasteiger partial charge in [-0.3, -0.25) is 14.4 Å². The first-order valence-corrected chi connectivity index (χ1v) is 9.26. The minimum Gasteiger partial charge on any atom is -0.463 e. The second-order valence-corrected chi connectivity index (χ2v) is 7.54. The Balaban J connectivity index is 2.81. The quantitative estimate of drug-likeness (QED) is 0.515. The molecule has 0 saturated heterocycles. The molecule has 0 aromatic heterocycles. The van der Waals surface area contributed by atoms with Crippen molar-refractivity contribution in [2.24, 2.45) is 5.92 Å². The highest BCUT2D eigenvalue weighted by Crippen LogP contribution is 2.15. The number of ether oxygens (including phenoxy) is 1. The zero-order valence-corrected chi connectivity index (χ0v) is 16.0. The Labute approximate surface area is 155 Å². The average Bonchev–Trinajstić information content (AvgIpc) is 2.56. The van der Waals surface area contributed by atoms with Crippen molar-refractivity contribution >= 4 is 17.8 Å². The number of esters is 1. The fraction of sp³-hybridized carbons (Fsp3) is 0.737. The standard InChI is InChI=1S/C19H32N2O5/c1-14(12-22)20-16(23)11-15-9-7-5-4-6-8-10-17(24)26-13-19(2,3)21-18(15)25/h5,7,14-15,22H,4,6,8-13H2,1-3H3,(H,20,23)(H,21,25)/t14-,15-/m1/s1. The molecule has 1 heterocycles. The summed E-state index contributed by atoms with van der Waals surface area (Å²) in [5, 5.41) is 14.6. The molecule has 0 unspecified atom stereocenters. The van der Waals surface area contributed by atoms with Crippen molar-refractivity contribution in [3.05, 3.63) is 12.2 Å². The maximum atomic E-state index is 12.7. The van der Waals surface area contributed by atoms with Crippen LogP contribution in [0.25, 0.3) is 0 Å². The van der Waals surface area contributed by atoms with Gasteiger partial charge in [0, 0.05) is 18.9 Å². The lowest BCUT2D eigenvalue weighted by molar-refractivity contribution is -0.147. The number of nitrogens with one attached hydrogen (secondary N) is 2. The van der Waals surface area contributed by atoms with Crippen LogP contribution in [0.1, 0.15) is 59.3 Å². The minimum atomic E-state index is -0.715. The second-order valence-electron chi connectivity index (χ2n) is 7.54. The van der Waals surface area contributed by atoms with Crippen molar-refractivity contribution in [3.63, 3.8) is 0 Å². The van der Waals surface area contributed by atoms with E-state index in [1.807, 2.05) is 12.2 Å². The molecular weight excluding hydrogens is 336 g/mol. The molecule has 148 valence electrons. The third kappa shape index (κ3) is 8.99. The fourth-order valence-corrected chi connectivity index (χ4v) is 2.60. The van der Waals surface area contributed by atoms with E-state index in [1.54, 1.807) is 20.8 Å². The lowest BCUT2D eigenvalue weighted by Gasteiger charge is -2.28. The van der Waals surface area contributed by atoms with E-state index in [0.29, 0.717) is 12.8 Å². The van der Waals surface area contributed by atoms with Gasteiger partial charge in [-0.05, 0) is 46.5 Å². The number of cyclic esters (lactones) is 1. The van der Waals surface area contributed by atoms with Crippen LogP contribution in [0.5, 0.6) is 0 Å². The lowest BCUT2D eigenvalue weighted by atomic mass is 9.96. The molecule has 1 aliphatic rings. The zero-order valence-electron chi connectivity index (χ0n) is 16.0. The first-order chi connectivity index (χ1) is 12.2. The Morgan fingerprint density at radius 3 is 2.81 bits per heavy atom. The van der Waals surface area contributed by atoms with Crippen molar-refractivity contribution in [2.45, 2.75) is 70.9 Å². The Morgan fingerprint density at radius 1 is 1.38 bits per heavy atom. The van der Waals surface area contributed by atoms with Crippen LogP contribution in [0.3, 0.4) is 0 Å². The maximum Gasteiger partial charge on any atom is 0.305 e. The highest BCUT2D eigenvalue weighted by atomic mass is 16.5. The molecule has 7 nitrogen and oxygen atoms in total. The number of aliphatic hydroxyl groups excluding tert-OH is 1. The Bertz CT molecular complexity index is 516. The Hall–Kier alpha value is -1.89. The molecule has 26 heavy (non-hydrogen) atoms. The van der Waals surface area contributed by atoms with E-state index >= 15 is 0 Å². The SMILES string of the molecule is C[C@H](CO)NC(=O)C[C@H]1CC=CCCCCC(=O)OCC(C)(C)NC1=O. The van der Waals surface area contributed by atoms with Gasteiger partial charge >= 0.3 is 5.97 Å². The van der Waals surface area contributed by atoms with Crippen molar-refractivity contribution in [1.29, 1.82) is 0 Å². The summed E-state index contributed by atoms with van der Waals surface area (Å²) in [7, 11) is 0. The third-order valence-corrected chi connectivity index (χ3v) is 4.13. The summed E-state index contributed by atoms with van der Waals surface area (Å²) >= 11 is 0. The number of hydrogen-bond acceptors (Lipinski definition) is 5. The number of carbonyl (C=O) groups excluding carboxylic acids is 3. The maximum absolute atomic E-state index is 12.7. The molecule has 1 rings (SSSR count). The van der Waals surface area contributed by atoms with Gasteiger partial charge in [-0.2, -0.15) is 0 Å². The minimum absolute atomic E-state index is 0.0381. The van der Waals surface area contributed by atoms with Crippen LogP contribution in [-0.2, 0) is 19.1 Å². The molecule has 0 saturated carbocycles. The van der Waals surface area contributed by atoms with Crippen molar-refractivity contribution in [3.8, 4) is 0 Å². The van der Waals surface area contributed by atoms with Gasteiger partial charge in [0.15, 0.2) is 0 Å². The lowest BCUT2D eigenvalue weighted by Crippen LogP contribution is -2.50. The molecule has 0 spiro atoms. The van der Waals surface area contributed by atoms with Crippen molar-refractivity contribution in [2.75, 3.05) is 13.2 Å². The molecule has 0 aromatic carbocycles. The highest BCUT2D eigenvalue weighted by Gasteiger charge is 2.28. The van der Waals surface area contributed by atoms with Crippen LogP contribution >= 0.6 is 0 Å². The Morgan fingerprint density at radius 2 is 2.12 bits per heavy atom. The molecule has 0 aliphatic carbocycles. The van der Waals surface area contributed by atoms with Crippen molar-refractivity contribution < 1.29 is 24.2 Å². The van der Waals surface area contributed by atoms with Crippen LogP contribution in [-0.4, -0.2) is 47.7 Å². The second kappa shape index (κ2) is 11.0. The number of allylic oxidation sites excluding steroid dienone is 2. The number of hydrogen-bond donors (Lipinski definition) is 3. The molecule has 1 aliphatic heterocycles. The summed E-state index contributed by atoms with van der Waals surface area (Å²) < 4.78 is 5.26. The third-order valence-electron chi connectivity index (χ3n) is 4.13. The van der Waals surface area contributed by atoms with Gasteiger partial charge in [0.2, 0.25) is 11.8 Å². The topological polar surface area (TPSA) is 105 Å². The van der Waals surface area contributed by atoms with Gasteiger partial charge in [0.1, 0.15) is 6.61 Å². The van der Waals surface area contributed by atoms with E-state index in [1.165, 1.54) is 0 Å². The number of carbonyl (C=O) groups is 3. The molecule has 3 N–H and O–H groups in total. The zero-order chi connectivity index (χ0) is 19.6. The molecule has 0 radical (unpaired) electrons. The summed E-state index contributed by atoms with van der Waals surface area (Å²) in [6, 6.07) is -0.351. The number of rotatable bonds is 4. The predicted molar refractivity (Wildman–Crippen MR) is 98.2 cm³/mol. The van der Waals surface area contributed by atoms with Crippen LogP contribution in [0.15, 0.2) is 12.2 Å². The average molecular weight is 368 g/mol. The van der Waals surface area contributed by atoms with Crippen LogP contribution in [0, 0.1) is 5.92 Å². The van der Waals surface area contributed by atoms with Gasteiger partial charge in [-0.1, -0.05) is 12.2 Å². The van der Waals surface area contributed by atoms with E-state index < -0.39 is 11.5 Å². The van der Waals surface area contributed by atoms with Gasteiger partial charge in [0.25, 0.3) is 0 Å². The van der Waals surface area contributed by atoms with Crippen LogP contribution in [0.2, 0.25) is 0 Å². The van der Waals surface area contributed by atoms with E-state index in [-0.39, 0.29) is 43.5 Å². The van der Waals surface area contributed by atoms with Crippen LogP contribution in [0.4, 0.5) is 0 Å². The van der Waals surface area contributed by atoms with Crippen LogP contribution < -0.4 is 10.6 Å². The summed E-state index contributed by atoms with van der Waals surface area (Å²) in [6.07, 6.45) is 7.24. The largest absolute Gasteiger partial charge is 0.463 e. The summed E-state index contributed by atoms with van der Waals surface area (Å²) in [6.45, 7) is 5.20. The molecule has 0 aromatic rings. The number of amides is 2. The van der Waals surface area contributed by atoms with E-state index in [2.05, 4.69) is 10.6 Å². The first kappa shape index (κ1) is 22.2. The molecule has 7 heteroatoms. The molecular formula is C19H32N2O5. The van der Waals surface area contributed by atoms with Gasteiger partial charge in [0.05, 0.1) is 18.1 Å². The van der Waals surface area contributed by atoms with Crippen molar-refractivity contribution in [1.82, 2.24) is 10.6 Å². The smallest absolute Gasteiger partial charge is 0.305 e. The van der Waals surface area contributed by atoms with E-state index in [0.717, 1.165) is 19.3 Å². The molecule has 2 atom stereocenters. The van der Waals surface area contributed by atoms with E-state index in [9.17, 15) is 14.4 Å². The first-order valence-electron chi connectivity index (χ1n) is 9.26. The summed E-state index contributed by atoms with van der Waals surface area (Å²) in [5.74, 6) is -1.30. The predicted octanol–water partition coefficient (Wildman–Crippen LogP) is 1.45. The molecule has 2 amide bonds. The van der Waals surface area contributed by atoms with Gasteiger partial charge in [-0.15, -0.1) is 0 Å². The van der Waals surface area contributed by atoms with E-state index in [4.69, 9.17) is 9.84 Å².